The quantitative estimate of drug-likeness (QED) is 0.622. The molecule has 0 spiro atoms. The summed E-state index contributed by atoms with van der Waals surface area (Å²) in [4.78, 5) is 11.4. The van der Waals surface area contributed by atoms with E-state index in [0.717, 1.165) is 25.7 Å². The second-order valence-corrected chi connectivity index (χ2v) is 5.70. The lowest BCUT2D eigenvalue weighted by molar-refractivity contribution is -0.155. The first-order valence-electron chi connectivity index (χ1n) is 6.55. The Hall–Kier alpha value is -0.530. The summed E-state index contributed by atoms with van der Waals surface area (Å²) in [6, 6.07) is 0. The van der Waals surface area contributed by atoms with Crippen LogP contribution in [0.4, 0.5) is 0 Å². The van der Waals surface area contributed by atoms with Gasteiger partial charge in [0.1, 0.15) is 0 Å². The molecule has 0 aliphatic heterocycles. The van der Waals surface area contributed by atoms with Gasteiger partial charge >= 0.3 is 5.97 Å². The van der Waals surface area contributed by atoms with E-state index >= 15 is 0 Å². The average molecular weight is 228 g/mol. The molecule has 2 heteroatoms. The summed E-state index contributed by atoms with van der Waals surface area (Å²) in [5.74, 6) is -0.667. The van der Waals surface area contributed by atoms with Gasteiger partial charge in [-0.3, -0.25) is 4.79 Å². The first-order valence-corrected chi connectivity index (χ1v) is 6.55. The first-order chi connectivity index (χ1) is 7.31. The fraction of sp³-hybridized carbons (Fsp3) is 0.929. The zero-order valence-corrected chi connectivity index (χ0v) is 11.6. The summed E-state index contributed by atoms with van der Waals surface area (Å²) in [6.45, 7) is 10.2. The normalized spacial score (nSPS) is 15.8. The van der Waals surface area contributed by atoms with Crippen molar-refractivity contribution in [2.45, 2.75) is 73.1 Å². The van der Waals surface area contributed by atoms with Gasteiger partial charge in [-0.05, 0) is 32.1 Å². The van der Waals surface area contributed by atoms with Crippen LogP contribution in [0.1, 0.15) is 73.1 Å². The Kier molecular flexibility index (Phi) is 6.06. The number of carboxylic acid groups (broad SMARTS) is 1. The molecule has 0 bridgehead atoms. The van der Waals surface area contributed by atoms with Crippen molar-refractivity contribution in [2.75, 3.05) is 0 Å². The van der Waals surface area contributed by atoms with Gasteiger partial charge in [-0.25, -0.2) is 0 Å². The second kappa shape index (κ2) is 6.27. The molecule has 0 saturated carbocycles. The molecule has 0 heterocycles. The topological polar surface area (TPSA) is 37.3 Å². The summed E-state index contributed by atoms with van der Waals surface area (Å²) >= 11 is 0. The Labute approximate surface area is 100 Å². The predicted octanol–water partition coefficient (Wildman–Crippen LogP) is 4.48. The van der Waals surface area contributed by atoms with E-state index < -0.39 is 11.4 Å². The maximum atomic E-state index is 11.4. The Morgan fingerprint density at radius 1 is 1.00 bits per heavy atom. The molecule has 0 fully saturated rings. The van der Waals surface area contributed by atoms with Gasteiger partial charge in [0.2, 0.25) is 0 Å². The minimum Gasteiger partial charge on any atom is -0.481 e. The summed E-state index contributed by atoms with van der Waals surface area (Å²) in [7, 11) is 0. The van der Waals surface area contributed by atoms with Gasteiger partial charge in [-0.1, -0.05) is 46.5 Å². The predicted molar refractivity (Wildman–Crippen MR) is 68.6 cm³/mol. The summed E-state index contributed by atoms with van der Waals surface area (Å²) in [5.41, 5.74) is -0.709. The van der Waals surface area contributed by atoms with Crippen molar-refractivity contribution in [3.63, 3.8) is 0 Å². The highest BCUT2D eigenvalue weighted by Crippen LogP contribution is 2.46. The number of hydrogen-bond acceptors (Lipinski definition) is 1. The number of unbranched alkanes of at least 4 members (excludes halogenated alkanes) is 2. The summed E-state index contributed by atoms with van der Waals surface area (Å²) < 4.78 is 0. The van der Waals surface area contributed by atoms with E-state index in [1.807, 2.05) is 13.8 Å². The molecule has 0 aromatic rings. The van der Waals surface area contributed by atoms with E-state index in [1.54, 1.807) is 0 Å². The molecule has 1 unspecified atom stereocenters. The maximum Gasteiger partial charge on any atom is 0.309 e. The van der Waals surface area contributed by atoms with Crippen LogP contribution < -0.4 is 0 Å². The first kappa shape index (κ1) is 15.5. The lowest BCUT2D eigenvalue weighted by Gasteiger charge is -2.41. The van der Waals surface area contributed by atoms with E-state index in [1.165, 1.54) is 12.8 Å². The molecule has 0 rings (SSSR count). The van der Waals surface area contributed by atoms with Gasteiger partial charge in [0.05, 0.1) is 5.41 Å². The van der Waals surface area contributed by atoms with Gasteiger partial charge in [-0.2, -0.15) is 0 Å². The number of carboxylic acids is 1. The van der Waals surface area contributed by atoms with Gasteiger partial charge < -0.3 is 5.11 Å². The highest BCUT2D eigenvalue weighted by Gasteiger charge is 2.45. The van der Waals surface area contributed by atoms with Crippen LogP contribution in [0, 0.1) is 10.8 Å². The van der Waals surface area contributed by atoms with Gasteiger partial charge in [0, 0.05) is 0 Å². The van der Waals surface area contributed by atoms with Crippen LogP contribution in [-0.2, 0) is 4.79 Å². The molecule has 1 N–H and O–H groups in total. The largest absolute Gasteiger partial charge is 0.481 e. The van der Waals surface area contributed by atoms with E-state index in [-0.39, 0.29) is 5.41 Å². The third kappa shape index (κ3) is 3.50. The zero-order valence-electron chi connectivity index (χ0n) is 11.6. The molecule has 0 amide bonds. The van der Waals surface area contributed by atoms with E-state index in [0.29, 0.717) is 0 Å². The third-order valence-corrected chi connectivity index (χ3v) is 4.18. The smallest absolute Gasteiger partial charge is 0.309 e. The third-order valence-electron chi connectivity index (χ3n) is 4.18. The summed E-state index contributed by atoms with van der Waals surface area (Å²) in [6.07, 6.45) is 6.61. The van der Waals surface area contributed by atoms with Gasteiger partial charge in [0.15, 0.2) is 0 Å². The van der Waals surface area contributed by atoms with Crippen LogP contribution in [0.5, 0.6) is 0 Å². The lowest BCUT2D eigenvalue weighted by Crippen LogP contribution is -2.41. The molecule has 0 aliphatic rings. The van der Waals surface area contributed by atoms with E-state index in [9.17, 15) is 9.90 Å². The van der Waals surface area contributed by atoms with Crippen LogP contribution >= 0.6 is 0 Å². The maximum absolute atomic E-state index is 11.4. The molecule has 16 heavy (non-hydrogen) atoms. The van der Waals surface area contributed by atoms with Crippen molar-refractivity contribution >= 4 is 5.97 Å². The second-order valence-electron chi connectivity index (χ2n) is 5.70. The van der Waals surface area contributed by atoms with Crippen molar-refractivity contribution in [2.24, 2.45) is 10.8 Å². The van der Waals surface area contributed by atoms with Gasteiger partial charge in [0.25, 0.3) is 0 Å². The molecule has 2 nitrogen and oxygen atoms in total. The van der Waals surface area contributed by atoms with E-state index in [2.05, 4.69) is 20.8 Å². The highest BCUT2D eigenvalue weighted by atomic mass is 16.4. The zero-order chi connectivity index (χ0) is 12.8. The molecule has 0 saturated heterocycles. The molecule has 96 valence electrons. The number of carbonyl (C=O) groups is 1. The van der Waals surface area contributed by atoms with E-state index in [4.69, 9.17) is 0 Å². The van der Waals surface area contributed by atoms with Crippen LogP contribution in [0.25, 0.3) is 0 Å². The minimum absolute atomic E-state index is 0.0806. The molecule has 0 aliphatic carbocycles. The van der Waals surface area contributed by atoms with Gasteiger partial charge in [-0.15, -0.1) is 0 Å². The molecular weight excluding hydrogens is 200 g/mol. The number of hydrogen-bond donors (Lipinski definition) is 1. The van der Waals surface area contributed by atoms with Crippen LogP contribution in [0.15, 0.2) is 0 Å². The molecular formula is C14H28O2. The van der Waals surface area contributed by atoms with Crippen molar-refractivity contribution in [3.8, 4) is 0 Å². The minimum atomic E-state index is -0.667. The highest BCUT2D eigenvalue weighted by molar-refractivity contribution is 5.74. The Morgan fingerprint density at radius 2 is 1.56 bits per heavy atom. The fourth-order valence-corrected chi connectivity index (χ4v) is 2.33. The number of aliphatic carboxylic acids is 1. The SMILES string of the molecule is CCCCCC(C)(CCC)C(C)(C)C(=O)O. The Balaban J connectivity index is 4.72. The standard InChI is InChI=1S/C14H28O2/c1-6-8-9-11-14(5,10-7-2)13(3,4)12(15)16/h6-11H2,1-5H3,(H,15,16). The van der Waals surface area contributed by atoms with Crippen molar-refractivity contribution in [3.05, 3.63) is 0 Å². The van der Waals surface area contributed by atoms with Crippen molar-refractivity contribution in [1.82, 2.24) is 0 Å². The van der Waals surface area contributed by atoms with Crippen LogP contribution in [0.2, 0.25) is 0 Å². The summed E-state index contributed by atoms with van der Waals surface area (Å²) in [5, 5.41) is 9.36. The molecule has 0 radical (unpaired) electrons. The van der Waals surface area contributed by atoms with Crippen molar-refractivity contribution in [1.29, 1.82) is 0 Å². The average Bonchev–Trinajstić information content (AvgIpc) is 2.18. The molecule has 0 aromatic carbocycles. The monoisotopic (exact) mass is 228 g/mol. The lowest BCUT2D eigenvalue weighted by atomic mass is 9.62. The van der Waals surface area contributed by atoms with Crippen molar-refractivity contribution < 1.29 is 9.90 Å². The fourth-order valence-electron chi connectivity index (χ4n) is 2.33. The molecule has 0 aromatic heterocycles. The molecule has 1 atom stereocenters. The van der Waals surface area contributed by atoms with Crippen LogP contribution in [-0.4, -0.2) is 11.1 Å². The Bertz CT molecular complexity index is 221. The van der Waals surface area contributed by atoms with Crippen LogP contribution in [0.3, 0.4) is 0 Å². The Morgan fingerprint density at radius 3 is 1.94 bits per heavy atom. The number of rotatable bonds is 8.